The van der Waals surface area contributed by atoms with Crippen molar-refractivity contribution in [1.82, 2.24) is 10.2 Å². The number of hydrogen-bond acceptors (Lipinski definition) is 6. The molecule has 0 radical (unpaired) electrons. The molecule has 2 aliphatic heterocycles. The van der Waals surface area contributed by atoms with Crippen LogP contribution in [-0.4, -0.2) is 70.2 Å². The average molecular weight is 372 g/mol. The molecule has 5 aliphatic rings. The van der Waals surface area contributed by atoms with Crippen LogP contribution in [0.25, 0.3) is 0 Å². The number of benzene rings is 1. The average Bonchev–Trinajstić information content (AvgIpc) is 3.37. The molecule has 2 heterocycles. The number of ether oxygens (including phenoxy) is 1. The number of aromatic hydroxyl groups is 1. The maximum Gasteiger partial charge on any atom is 0.165 e. The van der Waals surface area contributed by atoms with Gasteiger partial charge in [-0.3, -0.25) is 4.90 Å². The number of likely N-dealkylation sites (tertiary alicyclic amines) is 1. The molecule has 1 spiro atoms. The smallest absolute Gasteiger partial charge is 0.165 e. The van der Waals surface area contributed by atoms with Gasteiger partial charge in [0.05, 0.1) is 17.1 Å². The quantitative estimate of drug-likeness (QED) is 0.619. The van der Waals surface area contributed by atoms with Crippen molar-refractivity contribution in [2.75, 3.05) is 20.1 Å². The van der Waals surface area contributed by atoms with E-state index in [1.807, 2.05) is 13.1 Å². The second kappa shape index (κ2) is 5.17. The lowest BCUT2D eigenvalue weighted by molar-refractivity contribution is -0.230. The lowest BCUT2D eigenvalue weighted by atomic mass is 9.47. The third kappa shape index (κ3) is 1.81. The minimum absolute atomic E-state index is 0.00611. The van der Waals surface area contributed by atoms with Crippen LogP contribution >= 0.6 is 0 Å². The van der Waals surface area contributed by atoms with Gasteiger partial charge < -0.3 is 25.4 Å². The summed E-state index contributed by atoms with van der Waals surface area (Å²) in [6.07, 6.45) is 3.60. The molecule has 6 atom stereocenters. The Morgan fingerprint density at radius 2 is 2.11 bits per heavy atom. The molecule has 1 aromatic rings. The van der Waals surface area contributed by atoms with Crippen molar-refractivity contribution in [1.29, 1.82) is 0 Å². The number of phenolic OH excluding ortho intramolecular Hbond substituents is 1. The third-order valence-electron chi connectivity index (χ3n) is 8.15. The molecule has 6 heteroatoms. The second-order valence-corrected chi connectivity index (χ2v) is 9.35. The summed E-state index contributed by atoms with van der Waals surface area (Å²) in [6.45, 7) is 1.52. The van der Waals surface area contributed by atoms with Gasteiger partial charge in [0.15, 0.2) is 11.5 Å². The third-order valence-corrected chi connectivity index (χ3v) is 8.15. The molecule has 2 bridgehead atoms. The first-order valence-electron chi connectivity index (χ1n) is 10.3. The van der Waals surface area contributed by atoms with E-state index in [1.165, 1.54) is 12.8 Å². The number of nitrogens with one attached hydrogen (secondary N) is 1. The first-order valence-corrected chi connectivity index (χ1v) is 10.3. The van der Waals surface area contributed by atoms with Gasteiger partial charge in [0.2, 0.25) is 0 Å². The topological polar surface area (TPSA) is 85.2 Å². The van der Waals surface area contributed by atoms with E-state index in [-0.39, 0.29) is 23.9 Å². The number of phenols is 1. The first kappa shape index (κ1) is 16.6. The van der Waals surface area contributed by atoms with E-state index in [0.29, 0.717) is 24.6 Å². The van der Waals surface area contributed by atoms with Gasteiger partial charge in [-0.1, -0.05) is 6.07 Å². The monoisotopic (exact) mass is 372 g/mol. The molecule has 27 heavy (non-hydrogen) atoms. The Morgan fingerprint density at radius 1 is 1.30 bits per heavy atom. The van der Waals surface area contributed by atoms with Crippen molar-refractivity contribution >= 4 is 0 Å². The summed E-state index contributed by atoms with van der Waals surface area (Å²) in [5.41, 5.74) is 0.0654. The number of aliphatic hydroxyl groups excluding tert-OH is 1. The minimum atomic E-state index is -1.04. The normalized spacial score (nSPS) is 44.7. The Hall–Kier alpha value is -1.34. The maximum atomic E-state index is 12.2. The molecular formula is C21H28N2O4. The zero-order valence-electron chi connectivity index (χ0n) is 15.7. The fourth-order valence-electron chi connectivity index (χ4n) is 6.83. The van der Waals surface area contributed by atoms with Gasteiger partial charge >= 0.3 is 0 Å². The second-order valence-electron chi connectivity index (χ2n) is 9.35. The summed E-state index contributed by atoms with van der Waals surface area (Å²) in [5, 5.41) is 37.6. The highest BCUT2D eigenvalue weighted by atomic mass is 16.5. The van der Waals surface area contributed by atoms with E-state index < -0.39 is 17.1 Å². The van der Waals surface area contributed by atoms with Crippen LogP contribution in [0.3, 0.4) is 0 Å². The van der Waals surface area contributed by atoms with Gasteiger partial charge in [-0.25, -0.2) is 0 Å². The van der Waals surface area contributed by atoms with Crippen LogP contribution in [0.15, 0.2) is 12.1 Å². The number of rotatable bonds is 3. The van der Waals surface area contributed by atoms with Crippen LogP contribution in [-0.2, 0) is 11.8 Å². The van der Waals surface area contributed by atoms with Gasteiger partial charge in [0, 0.05) is 30.7 Å². The van der Waals surface area contributed by atoms with Crippen LogP contribution in [0.4, 0.5) is 0 Å². The molecule has 4 N–H and O–H groups in total. The molecule has 6 rings (SSSR count). The molecule has 1 unspecified atom stereocenters. The summed E-state index contributed by atoms with van der Waals surface area (Å²) in [7, 11) is 1.91. The maximum absolute atomic E-state index is 12.2. The van der Waals surface area contributed by atoms with Crippen LogP contribution in [0, 0.1) is 5.92 Å². The van der Waals surface area contributed by atoms with E-state index in [1.54, 1.807) is 6.07 Å². The number of aliphatic hydroxyl groups is 2. The molecular weight excluding hydrogens is 344 g/mol. The molecule has 3 fully saturated rings. The predicted octanol–water partition coefficient (Wildman–Crippen LogP) is 0.515. The van der Waals surface area contributed by atoms with Gasteiger partial charge in [0.1, 0.15) is 6.10 Å². The SMILES string of the molecule is CN[C@H]1CC[C@@]2(O)[C@H]3Cc4ccc(O)c5c4[C@@]2(C(O)CN3CC2CC2)[C@H]1O5. The molecule has 2 saturated carbocycles. The van der Waals surface area contributed by atoms with Crippen molar-refractivity contribution < 1.29 is 20.1 Å². The van der Waals surface area contributed by atoms with E-state index in [4.69, 9.17) is 4.74 Å². The van der Waals surface area contributed by atoms with E-state index in [2.05, 4.69) is 10.2 Å². The number of β-amino-alcohol motifs (C(OH)–C–C–N with tert-alkyl or cyclic N) is 1. The van der Waals surface area contributed by atoms with Crippen molar-refractivity contribution in [2.45, 2.75) is 67.4 Å². The summed E-state index contributed by atoms with van der Waals surface area (Å²) in [6, 6.07) is 3.69. The van der Waals surface area contributed by atoms with E-state index in [0.717, 1.165) is 30.5 Å². The van der Waals surface area contributed by atoms with Gasteiger partial charge in [-0.2, -0.15) is 0 Å². The van der Waals surface area contributed by atoms with Crippen molar-refractivity contribution in [3.05, 3.63) is 23.3 Å². The zero-order chi connectivity index (χ0) is 18.6. The van der Waals surface area contributed by atoms with Crippen molar-refractivity contribution in [2.24, 2.45) is 5.92 Å². The Kier molecular flexibility index (Phi) is 3.18. The summed E-state index contributed by atoms with van der Waals surface area (Å²) < 4.78 is 6.33. The number of likely N-dealkylation sites (N-methyl/N-ethyl adjacent to an activating group) is 1. The highest BCUT2D eigenvalue weighted by Gasteiger charge is 2.76. The number of nitrogens with zero attached hydrogens (tertiary/aromatic N) is 1. The molecule has 0 aromatic heterocycles. The zero-order valence-corrected chi connectivity index (χ0v) is 15.7. The first-order chi connectivity index (χ1) is 13.0. The lowest BCUT2D eigenvalue weighted by Gasteiger charge is -2.65. The van der Waals surface area contributed by atoms with Gasteiger partial charge in [0.25, 0.3) is 0 Å². The predicted molar refractivity (Wildman–Crippen MR) is 99.0 cm³/mol. The van der Waals surface area contributed by atoms with Crippen LogP contribution in [0.5, 0.6) is 11.5 Å². The highest BCUT2D eigenvalue weighted by Crippen LogP contribution is 2.65. The van der Waals surface area contributed by atoms with Crippen molar-refractivity contribution in [3.8, 4) is 11.5 Å². The van der Waals surface area contributed by atoms with Gasteiger partial charge in [-0.05, 0) is 56.7 Å². The molecule has 1 aromatic carbocycles. The Bertz CT molecular complexity index is 812. The summed E-state index contributed by atoms with van der Waals surface area (Å²) in [5.74, 6) is 1.29. The number of piperidine rings is 1. The van der Waals surface area contributed by atoms with Crippen LogP contribution in [0.1, 0.15) is 36.8 Å². The molecule has 146 valence electrons. The van der Waals surface area contributed by atoms with E-state index >= 15 is 0 Å². The molecule has 3 aliphatic carbocycles. The van der Waals surface area contributed by atoms with Crippen LogP contribution < -0.4 is 10.1 Å². The molecule has 6 nitrogen and oxygen atoms in total. The van der Waals surface area contributed by atoms with Crippen LogP contribution in [0.2, 0.25) is 0 Å². The standard InChI is InChI=1S/C21H28N2O4/c1-22-13-6-7-20(26)15-8-12-4-5-14(24)18-17(12)21(20,19(13)27-18)16(25)10-23(15)9-11-2-3-11/h4-5,11,13,15-16,19,22,24-26H,2-3,6-10H2,1H3/t13-,15+,16?,19-,20+,21-/m0/s1. The summed E-state index contributed by atoms with van der Waals surface area (Å²) in [4.78, 5) is 2.35. The highest BCUT2D eigenvalue weighted by molar-refractivity contribution is 5.63. The minimum Gasteiger partial charge on any atom is -0.504 e. The fraction of sp³-hybridized carbons (Fsp3) is 0.714. The van der Waals surface area contributed by atoms with Crippen molar-refractivity contribution in [3.63, 3.8) is 0 Å². The lowest BCUT2D eigenvalue weighted by Crippen LogP contribution is -2.82. The molecule has 1 saturated heterocycles. The Morgan fingerprint density at radius 3 is 2.85 bits per heavy atom. The summed E-state index contributed by atoms with van der Waals surface area (Å²) >= 11 is 0. The fourth-order valence-corrected chi connectivity index (χ4v) is 6.83. The molecule has 0 amide bonds. The van der Waals surface area contributed by atoms with E-state index in [9.17, 15) is 15.3 Å². The largest absolute Gasteiger partial charge is 0.504 e. The Labute approximate surface area is 159 Å². The Balaban J connectivity index is 1.59. The van der Waals surface area contributed by atoms with Gasteiger partial charge in [-0.15, -0.1) is 0 Å². The number of hydrogen-bond donors (Lipinski definition) is 4.